The lowest BCUT2D eigenvalue weighted by molar-refractivity contribution is 0.415. The average molecular weight is 437 g/mol. The molecule has 0 bridgehead atoms. The summed E-state index contributed by atoms with van der Waals surface area (Å²) in [5.74, 6) is 0.780. The van der Waals surface area contributed by atoms with Gasteiger partial charge in [0.25, 0.3) is 0 Å². The Kier molecular flexibility index (Phi) is 6.01. The van der Waals surface area contributed by atoms with Gasteiger partial charge in [-0.15, -0.1) is 0 Å². The highest BCUT2D eigenvalue weighted by molar-refractivity contribution is 7.89. The van der Waals surface area contributed by atoms with E-state index >= 15 is 0 Å². The number of hydrogen-bond donors (Lipinski definition) is 1. The number of rotatable bonds is 8. The number of ether oxygens (including phenoxy) is 1. The molecule has 0 atom stereocenters. The minimum absolute atomic E-state index is 0.250. The highest BCUT2D eigenvalue weighted by Crippen LogP contribution is 2.23. The average Bonchev–Trinajstić information content (AvgIpc) is 3.16. The van der Waals surface area contributed by atoms with Gasteiger partial charge in [-0.05, 0) is 60.7 Å². The Bertz CT molecular complexity index is 1280. The van der Waals surface area contributed by atoms with Gasteiger partial charge in [0, 0.05) is 25.0 Å². The zero-order chi connectivity index (χ0) is 21.8. The zero-order valence-electron chi connectivity index (χ0n) is 17.4. The van der Waals surface area contributed by atoms with Crippen molar-refractivity contribution >= 4 is 15.7 Å². The molecule has 0 aliphatic carbocycles. The summed E-state index contributed by atoms with van der Waals surface area (Å²) in [5.41, 5.74) is 4.67. The fourth-order valence-corrected chi connectivity index (χ4v) is 4.43. The van der Waals surface area contributed by atoms with Crippen molar-refractivity contribution in [2.24, 2.45) is 0 Å². The molecule has 0 spiro atoms. The van der Waals surface area contributed by atoms with Gasteiger partial charge in [-0.2, -0.15) is 5.10 Å². The molecule has 0 fully saturated rings. The predicted octanol–water partition coefficient (Wildman–Crippen LogP) is 3.62. The van der Waals surface area contributed by atoms with E-state index in [-0.39, 0.29) is 4.90 Å². The van der Waals surface area contributed by atoms with E-state index in [9.17, 15) is 8.42 Å². The number of aromatic nitrogens is 3. The number of nitrogens with one attached hydrogen (secondary N) is 1. The maximum absolute atomic E-state index is 12.6. The molecule has 8 heteroatoms. The SMILES string of the molecule is COc1ccc(-c2ccc(S(=O)(=O)NCCCc3cnc4cc(C)nn4c3)cc2)cc1. The molecule has 0 aliphatic heterocycles. The van der Waals surface area contributed by atoms with Crippen LogP contribution < -0.4 is 9.46 Å². The highest BCUT2D eigenvalue weighted by atomic mass is 32.2. The smallest absolute Gasteiger partial charge is 0.240 e. The van der Waals surface area contributed by atoms with Crippen molar-refractivity contribution in [1.29, 1.82) is 0 Å². The summed E-state index contributed by atoms with van der Waals surface area (Å²) in [7, 11) is -1.94. The van der Waals surface area contributed by atoms with Gasteiger partial charge < -0.3 is 4.74 Å². The normalized spacial score (nSPS) is 11.7. The van der Waals surface area contributed by atoms with Crippen LogP contribution in [0.15, 0.2) is 71.9 Å². The standard InChI is InChI=1S/C23H24N4O3S/c1-17-14-23-24-15-18(16-27(23)26-17)4-3-13-25-31(28,29)22-11-7-20(8-12-22)19-5-9-21(30-2)10-6-19/h5-12,14-16,25H,3-4,13H2,1-2H3. The molecule has 0 unspecified atom stereocenters. The molecule has 1 N–H and O–H groups in total. The number of aryl methyl sites for hydroxylation is 2. The lowest BCUT2D eigenvalue weighted by Gasteiger charge is -2.08. The summed E-state index contributed by atoms with van der Waals surface area (Å²) in [6, 6.07) is 16.4. The van der Waals surface area contributed by atoms with E-state index in [0.29, 0.717) is 19.4 Å². The van der Waals surface area contributed by atoms with Crippen LogP contribution in [0, 0.1) is 6.92 Å². The largest absolute Gasteiger partial charge is 0.497 e. The molecule has 2 aromatic heterocycles. The van der Waals surface area contributed by atoms with Crippen molar-refractivity contribution in [1.82, 2.24) is 19.3 Å². The van der Waals surface area contributed by atoms with Gasteiger partial charge >= 0.3 is 0 Å². The van der Waals surface area contributed by atoms with E-state index in [1.54, 1.807) is 23.8 Å². The highest BCUT2D eigenvalue weighted by Gasteiger charge is 2.13. The van der Waals surface area contributed by atoms with Crippen LogP contribution in [0.2, 0.25) is 0 Å². The summed E-state index contributed by atoms with van der Waals surface area (Å²) in [6.45, 7) is 2.27. The minimum atomic E-state index is -3.56. The van der Waals surface area contributed by atoms with Crippen molar-refractivity contribution in [2.75, 3.05) is 13.7 Å². The summed E-state index contributed by atoms with van der Waals surface area (Å²) < 4.78 is 34.8. The first-order chi connectivity index (χ1) is 14.9. The quantitative estimate of drug-likeness (QED) is 0.427. The number of hydrogen-bond acceptors (Lipinski definition) is 5. The van der Waals surface area contributed by atoms with E-state index in [0.717, 1.165) is 33.8 Å². The Morgan fingerprint density at radius 2 is 1.71 bits per heavy atom. The number of benzene rings is 2. The molecule has 7 nitrogen and oxygen atoms in total. The number of methoxy groups -OCH3 is 1. The second kappa shape index (κ2) is 8.87. The van der Waals surface area contributed by atoms with Crippen LogP contribution in [0.3, 0.4) is 0 Å². The number of sulfonamides is 1. The third kappa shape index (κ3) is 4.92. The number of fused-ring (bicyclic) bond motifs is 1. The summed E-state index contributed by atoms with van der Waals surface area (Å²) in [5, 5.41) is 4.35. The molecular formula is C23H24N4O3S. The van der Waals surface area contributed by atoms with Crippen LogP contribution in [0.5, 0.6) is 5.75 Å². The molecule has 4 rings (SSSR count). The van der Waals surface area contributed by atoms with Crippen molar-refractivity contribution in [2.45, 2.75) is 24.7 Å². The van der Waals surface area contributed by atoms with Crippen molar-refractivity contribution in [3.8, 4) is 16.9 Å². The van der Waals surface area contributed by atoms with E-state index in [1.165, 1.54) is 0 Å². The van der Waals surface area contributed by atoms with Gasteiger partial charge in [0.15, 0.2) is 5.65 Å². The molecular weight excluding hydrogens is 412 g/mol. The van der Waals surface area contributed by atoms with Gasteiger partial charge in [-0.3, -0.25) is 0 Å². The predicted molar refractivity (Wildman–Crippen MR) is 120 cm³/mol. The zero-order valence-corrected chi connectivity index (χ0v) is 18.3. The van der Waals surface area contributed by atoms with E-state index in [2.05, 4.69) is 14.8 Å². The van der Waals surface area contributed by atoms with Gasteiger partial charge in [0.1, 0.15) is 5.75 Å². The topological polar surface area (TPSA) is 85.6 Å². The minimum Gasteiger partial charge on any atom is -0.497 e. The summed E-state index contributed by atoms with van der Waals surface area (Å²) in [6.07, 6.45) is 5.11. The lowest BCUT2D eigenvalue weighted by atomic mass is 10.1. The Morgan fingerprint density at radius 1 is 1.03 bits per heavy atom. The van der Waals surface area contributed by atoms with E-state index in [4.69, 9.17) is 4.74 Å². The monoisotopic (exact) mass is 436 g/mol. The van der Waals surface area contributed by atoms with Crippen LogP contribution in [-0.2, 0) is 16.4 Å². The first kappa shape index (κ1) is 21.0. The molecule has 0 radical (unpaired) electrons. The van der Waals surface area contributed by atoms with E-state index < -0.39 is 10.0 Å². The first-order valence-corrected chi connectivity index (χ1v) is 11.5. The van der Waals surface area contributed by atoms with Crippen LogP contribution in [-0.4, -0.2) is 36.7 Å². The second-order valence-electron chi connectivity index (χ2n) is 7.30. The van der Waals surface area contributed by atoms with Crippen molar-refractivity contribution in [3.05, 3.63) is 78.2 Å². The van der Waals surface area contributed by atoms with Crippen molar-refractivity contribution in [3.63, 3.8) is 0 Å². The van der Waals surface area contributed by atoms with Gasteiger partial charge in [-0.25, -0.2) is 22.6 Å². The van der Waals surface area contributed by atoms with Crippen molar-refractivity contribution < 1.29 is 13.2 Å². The molecule has 160 valence electrons. The molecule has 0 saturated heterocycles. The third-order valence-electron chi connectivity index (χ3n) is 5.01. The summed E-state index contributed by atoms with van der Waals surface area (Å²) >= 11 is 0. The first-order valence-electron chi connectivity index (χ1n) is 10.00. The molecule has 4 aromatic rings. The van der Waals surface area contributed by atoms with Crippen LogP contribution in [0.4, 0.5) is 0 Å². The second-order valence-corrected chi connectivity index (χ2v) is 9.07. The Labute approximate surface area is 181 Å². The molecule has 2 aromatic carbocycles. The van der Waals surface area contributed by atoms with Crippen LogP contribution in [0.1, 0.15) is 17.7 Å². The lowest BCUT2D eigenvalue weighted by Crippen LogP contribution is -2.25. The number of nitrogens with zero attached hydrogens (tertiary/aromatic N) is 3. The molecule has 2 heterocycles. The molecule has 0 saturated carbocycles. The van der Waals surface area contributed by atoms with Gasteiger partial charge in [0.2, 0.25) is 10.0 Å². The Hall–Kier alpha value is -3.23. The molecule has 0 amide bonds. The Balaban J connectivity index is 1.34. The van der Waals surface area contributed by atoms with Gasteiger partial charge in [0.05, 0.1) is 17.7 Å². The maximum atomic E-state index is 12.6. The fraction of sp³-hybridized carbons (Fsp3) is 0.217. The summed E-state index contributed by atoms with van der Waals surface area (Å²) in [4.78, 5) is 4.62. The van der Waals surface area contributed by atoms with Crippen LogP contribution in [0.25, 0.3) is 16.8 Å². The fourth-order valence-electron chi connectivity index (χ4n) is 3.36. The Morgan fingerprint density at radius 3 is 2.39 bits per heavy atom. The molecule has 0 aliphatic rings. The van der Waals surface area contributed by atoms with E-state index in [1.807, 2.05) is 61.8 Å². The van der Waals surface area contributed by atoms with Gasteiger partial charge in [-0.1, -0.05) is 24.3 Å². The maximum Gasteiger partial charge on any atom is 0.240 e. The van der Waals surface area contributed by atoms with Crippen LogP contribution >= 0.6 is 0 Å². The third-order valence-corrected chi connectivity index (χ3v) is 6.49. The molecule has 31 heavy (non-hydrogen) atoms.